The van der Waals surface area contributed by atoms with Gasteiger partial charge in [0.05, 0.1) is 42.1 Å². The molecular weight excluding hydrogens is 611 g/mol. The number of anilines is 2. The summed E-state index contributed by atoms with van der Waals surface area (Å²) in [4.78, 5) is 19.3. The number of nitrogens with zero attached hydrogens (tertiary/aromatic N) is 8. The summed E-state index contributed by atoms with van der Waals surface area (Å²) in [5.41, 5.74) is 3.12. The Balaban J connectivity index is 0.000000580. The zero-order chi connectivity index (χ0) is 32.4. The zero-order valence-electron chi connectivity index (χ0n) is 27.0. The van der Waals surface area contributed by atoms with E-state index >= 15 is 0 Å². The second kappa shape index (κ2) is 15.8. The van der Waals surface area contributed by atoms with Crippen molar-refractivity contribution >= 4 is 23.1 Å². The highest BCUT2D eigenvalue weighted by Crippen LogP contribution is 2.25. The first kappa shape index (κ1) is 32.4. The van der Waals surface area contributed by atoms with Crippen molar-refractivity contribution in [3.8, 4) is 11.4 Å². The van der Waals surface area contributed by atoms with Gasteiger partial charge in [-0.3, -0.25) is 5.32 Å². The van der Waals surface area contributed by atoms with Crippen molar-refractivity contribution < 1.29 is 4.74 Å². The first-order valence-corrected chi connectivity index (χ1v) is 17.3. The minimum atomic E-state index is -0.0980. The summed E-state index contributed by atoms with van der Waals surface area (Å²) >= 11 is 1.89. The van der Waals surface area contributed by atoms with Gasteiger partial charge >= 0.3 is 5.69 Å². The molecule has 11 nitrogen and oxygen atoms in total. The minimum absolute atomic E-state index is 0.0848. The van der Waals surface area contributed by atoms with E-state index < -0.39 is 0 Å². The maximum absolute atomic E-state index is 12.7. The number of rotatable bonds is 10. The molecule has 2 aliphatic heterocycles. The van der Waals surface area contributed by atoms with Crippen LogP contribution in [0, 0.1) is 0 Å². The normalized spacial score (nSPS) is 18.4. The second-order valence-corrected chi connectivity index (χ2v) is 12.9. The molecule has 2 aliphatic rings. The van der Waals surface area contributed by atoms with Gasteiger partial charge in [0.25, 0.3) is 0 Å². The van der Waals surface area contributed by atoms with Crippen LogP contribution in [0.15, 0.2) is 108 Å². The average molecular weight is 654 g/mol. The van der Waals surface area contributed by atoms with E-state index in [1.807, 2.05) is 67.2 Å². The molecule has 0 spiro atoms. The van der Waals surface area contributed by atoms with Crippen LogP contribution in [-0.2, 0) is 6.54 Å². The summed E-state index contributed by atoms with van der Waals surface area (Å²) < 4.78 is 9.26. The van der Waals surface area contributed by atoms with Gasteiger partial charge in [-0.05, 0) is 61.9 Å². The molecule has 5 aromatic rings. The maximum atomic E-state index is 12.7. The molecule has 246 valence electrons. The highest BCUT2D eigenvalue weighted by molar-refractivity contribution is 8.00. The van der Waals surface area contributed by atoms with Crippen LogP contribution < -0.4 is 25.5 Å². The lowest BCUT2D eigenvalue weighted by molar-refractivity contribution is 0.275. The Hall–Kier alpha value is -4.55. The largest absolute Gasteiger partial charge is 0.492 e. The van der Waals surface area contributed by atoms with Gasteiger partial charge in [0, 0.05) is 43.3 Å². The van der Waals surface area contributed by atoms with E-state index in [-0.39, 0.29) is 11.7 Å². The van der Waals surface area contributed by atoms with Crippen molar-refractivity contribution in [3.05, 3.63) is 114 Å². The van der Waals surface area contributed by atoms with Crippen LogP contribution in [0.25, 0.3) is 5.69 Å². The summed E-state index contributed by atoms with van der Waals surface area (Å²) in [6.45, 7) is 9.22. The molecule has 12 heteroatoms. The van der Waals surface area contributed by atoms with Crippen LogP contribution >= 0.6 is 11.8 Å². The fraction of sp³-hybridized carbons (Fsp3) is 0.371. The smallest absolute Gasteiger partial charge is 0.350 e. The van der Waals surface area contributed by atoms with Crippen LogP contribution in [0.2, 0.25) is 0 Å². The monoisotopic (exact) mass is 653 g/mol. The first-order chi connectivity index (χ1) is 23.1. The number of hydrogen-bond donors (Lipinski definition) is 1. The van der Waals surface area contributed by atoms with Crippen molar-refractivity contribution in [2.24, 2.45) is 0 Å². The Morgan fingerprint density at radius 2 is 1.38 bits per heavy atom. The van der Waals surface area contributed by atoms with Crippen molar-refractivity contribution in [2.45, 2.75) is 44.3 Å². The molecule has 4 heterocycles. The standard InChI is InChI=1S/C29H37N9O2S.C6H6/c1-3-22(2)38-29(39)36(21-32-38)26-6-4-24(5-7-26)34-14-16-35(17-15-34)25-8-10-27(11-9-25)40-19-23-20-41-28(33-23)18-37-30-12-13-31-37;1-2-4-6-5-3-1/h4-13,21-23,28,33H,3,14-20H2,1-2H3;1-6H. The van der Waals surface area contributed by atoms with E-state index in [0.29, 0.717) is 18.0 Å². The molecule has 3 atom stereocenters. The number of hydrogen-bond acceptors (Lipinski definition) is 9. The van der Waals surface area contributed by atoms with Gasteiger partial charge in [-0.2, -0.15) is 20.1 Å². The number of aromatic nitrogens is 6. The molecule has 2 saturated heterocycles. The summed E-state index contributed by atoms with van der Waals surface area (Å²) in [6, 6.07) is 29.0. The van der Waals surface area contributed by atoms with E-state index in [1.165, 1.54) is 11.4 Å². The van der Waals surface area contributed by atoms with Crippen LogP contribution in [-0.4, -0.2) is 79.3 Å². The summed E-state index contributed by atoms with van der Waals surface area (Å²) in [7, 11) is 0. The van der Waals surface area contributed by atoms with E-state index in [0.717, 1.165) is 56.3 Å². The Bertz CT molecular complexity index is 1660. The Labute approximate surface area is 280 Å². The number of ether oxygens (including phenoxy) is 1. The molecule has 3 unspecified atom stereocenters. The average Bonchev–Trinajstić information content (AvgIpc) is 3.91. The first-order valence-electron chi connectivity index (χ1n) is 16.3. The summed E-state index contributed by atoms with van der Waals surface area (Å²) in [5, 5.41) is 16.6. The van der Waals surface area contributed by atoms with Crippen molar-refractivity contribution in [2.75, 3.05) is 48.3 Å². The summed E-state index contributed by atoms with van der Waals surface area (Å²) in [6.07, 6.45) is 5.89. The van der Waals surface area contributed by atoms with Crippen molar-refractivity contribution in [3.63, 3.8) is 0 Å². The Kier molecular flexibility index (Phi) is 10.9. The SMILES string of the molecule is CCC(C)n1ncn(-c2ccc(N3CCN(c4ccc(OCC5CSC(Cn6nccn6)N5)cc4)CC3)cc2)c1=O.c1ccccc1. The Morgan fingerprint density at radius 1 is 0.830 bits per heavy atom. The molecule has 0 saturated carbocycles. The lowest BCUT2D eigenvalue weighted by Crippen LogP contribution is -2.46. The third kappa shape index (κ3) is 8.44. The predicted molar refractivity (Wildman–Crippen MR) is 189 cm³/mol. The van der Waals surface area contributed by atoms with Crippen LogP contribution in [0.5, 0.6) is 5.75 Å². The molecule has 0 amide bonds. The van der Waals surface area contributed by atoms with E-state index in [9.17, 15) is 4.79 Å². The molecule has 2 fully saturated rings. The van der Waals surface area contributed by atoms with Crippen molar-refractivity contribution in [1.29, 1.82) is 0 Å². The number of piperazine rings is 1. The molecular formula is C35H43N9O2S. The van der Waals surface area contributed by atoms with Gasteiger partial charge in [0.1, 0.15) is 18.7 Å². The maximum Gasteiger partial charge on any atom is 0.350 e. The molecule has 47 heavy (non-hydrogen) atoms. The van der Waals surface area contributed by atoms with Gasteiger partial charge in [-0.25, -0.2) is 14.0 Å². The molecule has 7 rings (SSSR count). The summed E-state index contributed by atoms with van der Waals surface area (Å²) in [5.74, 6) is 1.91. The van der Waals surface area contributed by atoms with Crippen LogP contribution in [0.1, 0.15) is 26.3 Å². The quantitative estimate of drug-likeness (QED) is 0.230. The van der Waals surface area contributed by atoms with E-state index in [1.54, 1.807) is 32.8 Å². The lowest BCUT2D eigenvalue weighted by Gasteiger charge is -2.37. The topological polar surface area (TPSA) is 98.3 Å². The van der Waals surface area contributed by atoms with Gasteiger partial charge in [-0.15, -0.1) is 11.8 Å². The van der Waals surface area contributed by atoms with Crippen LogP contribution in [0.3, 0.4) is 0 Å². The fourth-order valence-electron chi connectivity index (χ4n) is 5.63. The molecule has 1 N–H and O–H groups in total. The van der Waals surface area contributed by atoms with Gasteiger partial charge in [-0.1, -0.05) is 43.3 Å². The molecule has 0 radical (unpaired) electrons. The fourth-order valence-corrected chi connectivity index (χ4v) is 6.81. The van der Waals surface area contributed by atoms with Gasteiger partial charge in [0.2, 0.25) is 0 Å². The minimum Gasteiger partial charge on any atom is -0.492 e. The third-order valence-corrected chi connectivity index (χ3v) is 9.79. The van der Waals surface area contributed by atoms with Crippen LogP contribution in [0.4, 0.5) is 11.4 Å². The number of thioether (sulfide) groups is 1. The van der Waals surface area contributed by atoms with E-state index in [4.69, 9.17) is 4.74 Å². The van der Waals surface area contributed by atoms with E-state index in [2.05, 4.69) is 73.7 Å². The predicted octanol–water partition coefficient (Wildman–Crippen LogP) is 4.72. The Morgan fingerprint density at radius 3 is 1.96 bits per heavy atom. The van der Waals surface area contributed by atoms with Gasteiger partial charge < -0.3 is 14.5 Å². The number of benzene rings is 3. The third-order valence-electron chi connectivity index (χ3n) is 8.51. The highest BCUT2D eigenvalue weighted by Gasteiger charge is 2.25. The number of nitrogens with one attached hydrogen (secondary N) is 1. The lowest BCUT2D eigenvalue weighted by atomic mass is 10.2. The zero-order valence-corrected chi connectivity index (χ0v) is 27.8. The van der Waals surface area contributed by atoms with Gasteiger partial charge in [0.15, 0.2) is 0 Å². The highest BCUT2D eigenvalue weighted by atomic mass is 32.2. The molecule has 3 aromatic carbocycles. The second-order valence-electron chi connectivity index (χ2n) is 11.7. The molecule has 0 aliphatic carbocycles. The molecule has 0 bridgehead atoms. The van der Waals surface area contributed by atoms with Crippen molar-refractivity contribution in [1.82, 2.24) is 34.7 Å². The molecule has 2 aromatic heterocycles.